The Bertz CT molecular complexity index is 793. The molecular formula is C23H27NO2S. The van der Waals surface area contributed by atoms with Crippen LogP contribution in [0.2, 0.25) is 0 Å². The standard InChI is InChI=1S/C23H27NO2S/c1-23(2,3)18-14-12-17(13-15-18)21(25)24-16-8-7-11-20(22(24)26)27-19-9-5-4-6-10-19/h4-6,9-10,12-15,20H,7-8,11,16H2,1-3H3/t20-/m1/s1. The molecule has 4 heteroatoms. The van der Waals surface area contributed by atoms with Crippen LogP contribution < -0.4 is 0 Å². The zero-order chi connectivity index (χ0) is 19.4. The molecule has 1 aliphatic rings. The van der Waals surface area contributed by atoms with Crippen molar-refractivity contribution in [2.75, 3.05) is 6.54 Å². The van der Waals surface area contributed by atoms with Gasteiger partial charge < -0.3 is 0 Å². The molecule has 0 radical (unpaired) electrons. The molecule has 142 valence electrons. The molecule has 27 heavy (non-hydrogen) atoms. The molecule has 0 unspecified atom stereocenters. The van der Waals surface area contributed by atoms with Gasteiger partial charge in [0.2, 0.25) is 5.91 Å². The zero-order valence-corrected chi connectivity index (χ0v) is 17.1. The van der Waals surface area contributed by atoms with Gasteiger partial charge in [-0.3, -0.25) is 14.5 Å². The van der Waals surface area contributed by atoms with E-state index in [1.807, 2.05) is 54.6 Å². The Kier molecular flexibility index (Phi) is 6.05. The van der Waals surface area contributed by atoms with E-state index in [4.69, 9.17) is 0 Å². The predicted molar refractivity (Wildman–Crippen MR) is 111 cm³/mol. The van der Waals surface area contributed by atoms with Crippen LogP contribution >= 0.6 is 11.8 Å². The molecule has 0 bridgehead atoms. The van der Waals surface area contributed by atoms with E-state index < -0.39 is 0 Å². The largest absolute Gasteiger partial charge is 0.278 e. The first-order chi connectivity index (χ1) is 12.9. The maximum atomic E-state index is 13.1. The van der Waals surface area contributed by atoms with Crippen molar-refractivity contribution < 1.29 is 9.59 Å². The summed E-state index contributed by atoms with van der Waals surface area (Å²) in [4.78, 5) is 28.6. The fraction of sp³-hybridized carbons (Fsp3) is 0.391. The molecule has 0 N–H and O–H groups in total. The third kappa shape index (κ3) is 4.81. The van der Waals surface area contributed by atoms with E-state index in [0.717, 1.165) is 24.2 Å². The summed E-state index contributed by atoms with van der Waals surface area (Å²) in [6.07, 6.45) is 2.64. The molecule has 1 atom stereocenters. The Morgan fingerprint density at radius 1 is 1.00 bits per heavy atom. The summed E-state index contributed by atoms with van der Waals surface area (Å²) in [7, 11) is 0. The van der Waals surface area contributed by atoms with Gasteiger partial charge in [0.05, 0.1) is 5.25 Å². The summed E-state index contributed by atoms with van der Waals surface area (Å²) < 4.78 is 0. The average Bonchev–Trinajstić information content (AvgIpc) is 2.83. The fourth-order valence-electron chi connectivity index (χ4n) is 3.25. The maximum absolute atomic E-state index is 13.1. The molecule has 2 amide bonds. The summed E-state index contributed by atoms with van der Waals surface area (Å²) in [5.74, 6) is -0.243. The van der Waals surface area contributed by atoms with Crippen molar-refractivity contribution >= 4 is 23.6 Å². The van der Waals surface area contributed by atoms with Crippen molar-refractivity contribution in [2.45, 2.75) is 55.6 Å². The lowest BCUT2D eigenvalue weighted by molar-refractivity contribution is -0.127. The second kappa shape index (κ2) is 8.30. The van der Waals surface area contributed by atoms with E-state index in [-0.39, 0.29) is 22.5 Å². The predicted octanol–water partition coefficient (Wildman–Crippen LogP) is 5.30. The second-order valence-corrected chi connectivity index (χ2v) is 9.31. The number of amides is 2. The van der Waals surface area contributed by atoms with E-state index in [9.17, 15) is 9.59 Å². The highest BCUT2D eigenvalue weighted by molar-refractivity contribution is 8.00. The minimum atomic E-state index is -0.201. The van der Waals surface area contributed by atoms with Crippen molar-refractivity contribution in [1.29, 1.82) is 0 Å². The number of thioether (sulfide) groups is 1. The van der Waals surface area contributed by atoms with Gasteiger partial charge in [-0.2, -0.15) is 0 Å². The molecule has 1 aliphatic heterocycles. The third-order valence-corrected chi connectivity index (χ3v) is 6.17. The zero-order valence-electron chi connectivity index (χ0n) is 16.3. The van der Waals surface area contributed by atoms with Crippen LogP contribution in [0.25, 0.3) is 0 Å². The summed E-state index contributed by atoms with van der Waals surface area (Å²) >= 11 is 1.56. The van der Waals surface area contributed by atoms with Crippen molar-refractivity contribution in [3.8, 4) is 0 Å². The van der Waals surface area contributed by atoms with Crippen LogP contribution in [0, 0.1) is 0 Å². The number of nitrogens with zero attached hydrogens (tertiary/aromatic N) is 1. The topological polar surface area (TPSA) is 37.4 Å². The van der Waals surface area contributed by atoms with Gasteiger partial charge in [-0.25, -0.2) is 0 Å². The van der Waals surface area contributed by atoms with Gasteiger partial charge in [0.1, 0.15) is 0 Å². The van der Waals surface area contributed by atoms with Crippen molar-refractivity contribution in [2.24, 2.45) is 0 Å². The van der Waals surface area contributed by atoms with Crippen LogP contribution in [0.5, 0.6) is 0 Å². The van der Waals surface area contributed by atoms with Crippen LogP contribution in [0.15, 0.2) is 59.5 Å². The molecular weight excluding hydrogens is 354 g/mol. The number of carbonyl (C=O) groups is 2. The van der Waals surface area contributed by atoms with Gasteiger partial charge in [0.25, 0.3) is 5.91 Å². The van der Waals surface area contributed by atoms with Gasteiger partial charge in [0.15, 0.2) is 0 Å². The Morgan fingerprint density at radius 3 is 2.30 bits per heavy atom. The van der Waals surface area contributed by atoms with Crippen LogP contribution in [0.1, 0.15) is 56.0 Å². The SMILES string of the molecule is CC(C)(C)c1ccc(C(=O)N2CCCC[C@@H](Sc3ccccc3)C2=O)cc1. The highest BCUT2D eigenvalue weighted by Crippen LogP contribution is 2.30. The van der Waals surface area contributed by atoms with Crippen LogP contribution in [-0.4, -0.2) is 28.5 Å². The molecule has 0 aliphatic carbocycles. The van der Waals surface area contributed by atoms with E-state index in [0.29, 0.717) is 12.1 Å². The number of imide groups is 1. The highest BCUT2D eigenvalue weighted by atomic mass is 32.2. The molecule has 0 saturated carbocycles. The van der Waals surface area contributed by atoms with Crippen molar-refractivity contribution in [1.82, 2.24) is 4.90 Å². The minimum Gasteiger partial charge on any atom is -0.278 e. The number of hydrogen-bond donors (Lipinski definition) is 0. The van der Waals surface area contributed by atoms with Crippen molar-refractivity contribution in [3.63, 3.8) is 0 Å². The Labute approximate surface area is 166 Å². The molecule has 3 nitrogen and oxygen atoms in total. The number of benzene rings is 2. The van der Waals surface area contributed by atoms with Gasteiger partial charge in [0, 0.05) is 17.0 Å². The fourth-order valence-corrected chi connectivity index (χ4v) is 4.41. The number of carbonyl (C=O) groups excluding carboxylic acids is 2. The maximum Gasteiger partial charge on any atom is 0.260 e. The van der Waals surface area contributed by atoms with Crippen LogP contribution in [0.3, 0.4) is 0 Å². The summed E-state index contributed by atoms with van der Waals surface area (Å²) in [5, 5.41) is -0.201. The summed E-state index contributed by atoms with van der Waals surface area (Å²) in [6.45, 7) is 6.94. The lowest BCUT2D eigenvalue weighted by Gasteiger charge is -2.23. The van der Waals surface area contributed by atoms with Crippen LogP contribution in [0.4, 0.5) is 0 Å². The number of likely N-dealkylation sites (tertiary alicyclic amines) is 1. The average molecular weight is 382 g/mol. The molecule has 2 aromatic rings. The van der Waals surface area contributed by atoms with Gasteiger partial charge >= 0.3 is 0 Å². The summed E-state index contributed by atoms with van der Waals surface area (Å²) in [6, 6.07) is 17.6. The number of hydrogen-bond acceptors (Lipinski definition) is 3. The quantitative estimate of drug-likeness (QED) is 0.677. The molecule has 1 heterocycles. The van der Waals surface area contributed by atoms with E-state index in [1.165, 1.54) is 10.5 Å². The lowest BCUT2D eigenvalue weighted by Crippen LogP contribution is -2.41. The second-order valence-electron chi connectivity index (χ2n) is 8.04. The normalized spacial score (nSPS) is 18.3. The molecule has 0 aromatic heterocycles. The van der Waals surface area contributed by atoms with Gasteiger partial charge in [-0.15, -0.1) is 11.8 Å². The monoisotopic (exact) mass is 381 g/mol. The van der Waals surface area contributed by atoms with E-state index in [2.05, 4.69) is 20.8 Å². The van der Waals surface area contributed by atoms with Crippen molar-refractivity contribution in [3.05, 3.63) is 65.7 Å². The molecule has 0 spiro atoms. The van der Waals surface area contributed by atoms with Gasteiger partial charge in [-0.05, 0) is 48.1 Å². The molecule has 1 saturated heterocycles. The first-order valence-electron chi connectivity index (χ1n) is 9.54. The molecule has 2 aromatic carbocycles. The summed E-state index contributed by atoms with van der Waals surface area (Å²) in [5.41, 5.74) is 1.80. The highest BCUT2D eigenvalue weighted by Gasteiger charge is 2.32. The van der Waals surface area contributed by atoms with E-state index in [1.54, 1.807) is 11.8 Å². The van der Waals surface area contributed by atoms with Gasteiger partial charge in [-0.1, -0.05) is 57.5 Å². The Balaban J connectivity index is 1.77. The third-order valence-electron chi connectivity index (χ3n) is 4.90. The Morgan fingerprint density at radius 2 is 1.67 bits per heavy atom. The molecule has 3 rings (SSSR count). The smallest absolute Gasteiger partial charge is 0.260 e. The van der Waals surface area contributed by atoms with Crippen LogP contribution in [-0.2, 0) is 10.2 Å². The Hall–Kier alpha value is -2.07. The minimum absolute atomic E-state index is 0.0391. The van der Waals surface area contributed by atoms with E-state index >= 15 is 0 Å². The first-order valence-corrected chi connectivity index (χ1v) is 10.4. The lowest BCUT2D eigenvalue weighted by atomic mass is 9.86. The number of rotatable bonds is 3. The molecule has 1 fully saturated rings. The first kappa shape index (κ1) is 19.7.